The summed E-state index contributed by atoms with van der Waals surface area (Å²) in [5.74, 6) is 0.699. The quantitative estimate of drug-likeness (QED) is 0.216. The lowest BCUT2D eigenvalue weighted by molar-refractivity contribution is -0.112. The van der Waals surface area contributed by atoms with Gasteiger partial charge in [-0.3, -0.25) is 9.79 Å². The lowest BCUT2D eigenvalue weighted by Gasteiger charge is -2.20. The van der Waals surface area contributed by atoms with Crippen LogP contribution in [0.1, 0.15) is 66.9 Å². The van der Waals surface area contributed by atoms with Crippen LogP contribution < -0.4 is 5.32 Å². The van der Waals surface area contributed by atoms with Gasteiger partial charge in [0.2, 0.25) is 0 Å². The molecule has 1 unspecified atom stereocenters. The second-order valence-corrected chi connectivity index (χ2v) is 8.35. The molecule has 0 saturated heterocycles. The van der Waals surface area contributed by atoms with Crippen LogP contribution >= 0.6 is 0 Å². The van der Waals surface area contributed by atoms with Crippen molar-refractivity contribution in [3.05, 3.63) is 65.0 Å². The minimum Gasteiger partial charge on any atom is -0.501 e. The number of ether oxygens (including phenoxy) is 1. The van der Waals surface area contributed by atoms with Gasteiger partial charge in [0.25, 0.3) is 5.91 Å². The summed E-state index contributed by atoms with van der Waals surface area (Å²) in [6.45, 7) is 14.4. The number of allylic oxidation sites excluding steroid dienone is 4. The number of benzene rings is 1. The molecule has 4 heteroatoms. The lowest BCUT2D eigenvalue weighted by atomic mass is 9.87. The second kappa shape index (κ2) is 12.2. The zero-order valence-electron chi connectivity index (χ0n) is 19.9. The first-order valence-electron chi connectivity index (χ1n) is 10.6. The molecule has 1 aromatic carbocycles. The number of nitrogens with zero attached hydrogens (tertiary/aromatic N) is 1. The van der Waals surface area contributed by atoms with Gasteiger partial charge >= 0.3 is 0 Å². The Morgan fingerprint density at radius 3 is 2.53 bits per heavy atom. The molecule has 164 valence electrons. The molecule has 0 aromatic heterocycles. The van der Waals surface area contributed by atoms with Gasteiger partial charge in [0, 0.05) is 11.9 Å². The van der Waals surface area contributed by atoms with E-state index in [1.54, 1.807) is 19.4 Å². The predicted octanol–water partition coefficient (Wildman–Crippen LogP) is 6.60. The van der Waals surface area contributed by atoms with Crippen LogP contribution in [0.4, 0.5) is 5.69 Å². The summed E-state index contributed by atoms with van der Waals surface area (Å²) in [5.41, 5.74) is 3.62. The molecule has 1 amide bonds. The van der Waals surface area contributed by atoms with Crippen molar-refractivity contribution >= 4 is 17.8 Å². The fraction of sp³-hybridized carbons (Fsp3) is 0.462. The first-order chi connectivity index (χ1) is 14.1. The van der Waals surface area contributed by atoms with Gasteiger partial charge in [0.1, 0.15) is 0 Å². The molecular formula is C26H38N2O2. The van der Waals surface area contributed by atoms with Gasteiger partial charge < -0.3 is 10.1 Å². The summed E-state index contributed by atoms with van der Waals surface area (Å²) < 4.78 is 5.44. The Labute approximate surface area is 182 Å². The van der Waals surface area contributed by atoms with Crippen molar-refractivity contribution in [2.75, 3.05) is 12.4 Å². The number of rotatable bonds is 9. The molecule has 0 heterocycles. The molecule has 0 aliphatic carbocycles. The first-order valence-corrected chi connectivity index (χ1v) is 10.6. The van der Waals surface area contributed by atoms with E-state index in [0.717, 1.165) is 29.9 Å². The number of amides is 1. The maximum atomic E-state index is 12.8. The topological polar surface area (TPSA) is 50.7 Å². The fourth-order valence-electron chi connectivity index (χ4n) is 2.93. The summed E-state index contributed by atoms with van der Waals surface area (Å²) >= 11 is 0. The van der Waals surface area contributed by atoms with Gasteiger partial charge in [0.15, 0.2) is 0 Å². The van der Waals surface area contributed by atoms with Gasteiger partial charge in [-0.05, 0) is 62.3 Å². The SMILES string of the molecule is C/C=C(\C=NC(C)/C(C/C=C\CC)=C(/C)OC)C(=O)Nc1cccc(C(C)(C)C)c1. The molecule has 0 aliphatic rings. The Morgan fingerprint density at radius 2 is 1.97 bits per heavy atom. The van der Waals surface area contributed by atoms with E-state index in [0.29, 0.717) is 5.57 Å². The van der Waals surface area contributed by atoms with E-state index in [1.807, 2.05) is 39.0 Å². The molecule has 0 aliphatic heterocycles. The summed E-state index contributed by atoms with van der Waals surface area (Å²) in [6, 6.07) is 7.89. The normalized spacial score (nSPS) is 14.7. The summed E-state index contributed by atoms with van der Waals surface area (Å²) in [4.78, 5) is 17.4. The van der Waals surface area contributed by atoms with Gasteiger partial charge in [-0.1, -0.05) is 58.1 Å². The Bertz CT molecular complexity index is 824. The van der Waals surface area contributed by atoms with Gasteiger partial charge in [-0.15, -0.1) is 0 Å². The molecule has 0 bridgehead atoms. The third kappa shape index (κ3) is 8.02. The number of nitrogens with one attached hydrogen (secondary N) is 1. The van der Waals surface area contributed by atoms with E-state index >= 15 is 0 Å². The van der Waals surface area contributed by atoms with Gasteiger partial charge in [-0.2, -0.15) is 0 Å². The zero-order valence-corrected chi connectivity index (χ0v) is 19.9. The molecule has 0 saturated carbocycles. The molecule has 1 atom stereocenters. The molecule has 30 heavy (non-hydrogen) atoms. The Kier molecular flexibility index (Phi) is 10.3. The molecule has 1 rings (SSSR count). The van der Waals surface area contributed by atoms with Gasteiger partial charge in [-0.25, -0.2) is 0 Å². The number of methoxy groups -OCH3 is 1. The maximum Gasteiger partial charge on any atom is 0.256 e. The Balaban J connectivity index is 2.95. The highest BCUT2D eigenvalue weighted by Crippen LogP contribution is 2.25. The monoisotopic (exact) mass is 410 g/mol. The van der Waals surface area contributed by atoms with Crippen molar-refractivity contribution in [2.45, 2.75) is 72.8 Å². The third-order valence-electron chi connectivity index (χ3n) is 5.00. The number of aliphatic imine (C=N–C) groups is 1. The number of anilines is 1. The van der Waals surface area contributed by atoms with E-state index in [1.165, 1.54) is 5.56 Å². The van der Waals surface area contributed by atoms with Crippen molar-refractivity contribution in [1.82, 2.24) is 0 Å². The average molecular weight is 411 g/mol. The van der Waals surface area contributed by atoms with E-state index in [2.05, 4.69) is 56.2 Å². The predicted molar refractivity (Wildman–Crippen MR) is 129 cm³/mol. The van der Waals surface area contributed by atoms with Crippen LogP contribution in [0.2, 0.25) is 0 Å². The van der Waals surface area contributed by atoms with E-state index < -0.39 is 0 Å². The van der Waals surface area contributed by atoms with E-state index in [9.17, 15) is 4.79 Å². The molecule has 0 fully saturated rings. The summed E-state index contributed by atoms with van der Waals surface area (Å²) in [5, 5.41) is 2.99. The standard InChI is InChI=1S/C26H38N2O2/c1-9-11-12-16-24(20(4)30-8)19(3)27-18-21(10-2)25(29)28-23-15-13-14-22(17-23)26(5,6)7/h10-15,17-19H,9,16H2,1-8H3,(H,28,29)/b12-11-,21-10+,24-20-,27-18?. The number of carbonyl (C=O) groups is 1. The summed E-state index contributed by atoms with van der Waals surface area (Å²) in [7, 11) is 1.67. The minimum absolute atomic E-state index is 0.0230. The number of hydrogen-bond donors (Lipinski definition) is 1. The lowest BCUT2D eigenvalue weighted by Crippen LogP contribution is -2.17. The van der Waals surface area contributed by atoms with Crippen molar-refractivity contribution in [3.8, 4) is 0 Å². The summed E-state index contributed by atoms with van der Waals surface area (Å²) in [6.07, 6.45) is 9.48. The molecule has 0 radical (unpaired) electrons. The van der Waals surface area contributed by atoms with Crippen molar-refractivity contribution in [2.24, 2.45) is 4.99 Å². The van der Waals surface area contributed by atoms with Crippen LogP contribution in [0.15, 0.2) is 64.4 Å². The number of carbonyl (C=O) groups excluding carboxylic acids is 1. The minimum atomic E-state index is -0.167. The molecule has 1 N–H and O–H groups in total. The van der Waals surface area contributed by atoms with Crippen molar-refractivity contribution in [1.29, 1.82) is 0 Å². The molecule has 0 spiro atoms. The van der Waals surface area contributed by atoms with Crippen LogP contribution in [0.3, 0.4) is 0 Å². The highest BCUT2D eigenvalue weighted by atomic mass is 16.5. The van der Waals surface area contributed by atoms with Crippen LogP contribution in [0, 0.1) is 0 Å². The average Bonchev–Trinajstić information content (AvgIpc) is 2.70. The van der Waals surface area contributed by atoms with Crippen LogP contribution in [0.5, 0.6) is 0 Å². The van der Waals surface area contributed by atoms with Crippen LogP contribution in [-0.2, 0) is 14.9 Å². The highest BCUT2D eigenvalue weighted by molar-refractivity contribution is 6.17. The fourth-order valence-corrected chi connectivity index (χ4v) is 2.93. The first kappa shape index (κ1) is 25.4. The van der Waals surface area contributed by atoms with Gasteiger partial charge in [0.05, 0.1) is 24.5 Å². The Morgan fingerprint density at radius 1 is 1.27 bits per heavy atom. The van der Waals surface area contributed by atoms with Crippen LogP contribution in [-0.4, -0.2) is 25.3 Å². The van der Waals surface area contributed by atoms with Crippen molar-refractivity contribution in [3.63, 3.8) is 0 Å². The highest BCUT2D eigenvalue weighted by Gasteiger charge is 2.15. The third-order valence-corrected chi connectivity index (χ3v) is 5.00. The largest absolute Gasteiger partial charge is 0.501 e. The second-order valence-electron chi connectivity index (χ2n) is 8.35. The maximum absolute atomic E-state index is 12.8. The molecule has 1 aromatic rings. The van der Waals surface area contributed by atoms with E-state index in [-0.39, 0.29) is 17.4 Å². The molecular weight excluding hydrogens is 372 g/mol. The molecule has 4 nitrogen and oxygen atoms in total. The van der Waals surface area contributed by atoms with Crippen LogP contribution in [0.25, 0.3) is 0 Å². The zero-order chi connectivity index (χ0) is 22.7. The Hall–Kier alpha value is -2.62. The smallest absolute Gasteiger partial charge is 0.256 e. The van der Waals surface area contributed by atoms with Crippen molar-refractivity contribution < 1.29 is 9.53 Å². The van der Waals surface area contributed by atoms with E-state index in [4.69, 9.17) is 4.74 Å². The number of hydrogen-bond acceptors (Lipinski definition) is 3.